The van der Waals surface area contributed by atoms with Gasteiger partial charge in [0.1, 0.15) is 0 Å². The summed E-state index contributed by atoms with van der Waals surface area (Å²) >= 11 is 12.1. The molecule has 0 aromatic heterocycles. The van der Waals surface area contributed by atoms with Crippen LogP contribution in [0.25, 0.3) is 0 Å². The fourth-order valence-corrected chi connectivity index (χ4v) is 3.05. The van der Waals surface area contributed by atoms with Crippen LogP contribution >= 0.6 is 23.2 Å². The van der Waals surface area contributed by atoms with Crippen molar-refractivity contribution in [3.05, 3.63) is 57.6 Å². The Kier molecular flexibility index (Phi) is 6.08. The van der Waals surface area contributed by atoms with Gasteiger partial charge in [-0.25, -0.2) is 0 Å². The van der Waals surface area contributed by atoms with Gasteiger partial charge in [-0.05, 0) is 36.8 Å². The van der Waals surface area contributed by atoms with Gasteiger partial charge in [0.15, 0.2) is 17.6 Å². The first-order valence-corrected chi connectivity index (χ1v) is 8.98. The Morgan fingerprint density at radius 1 is 1.15 bits per heavy atom. The third kappa shape index (κ3) is 4.84. The van der Waals surface area contributed by atoms with Crippen LogP contribution in [0, 0.1) is 0 Å². The maximum absolute atomic E-state index is 12.2. The first kappa shape index (κ1) is 19.3. The molecule has 2 aromatic rings. The van der Waals surface area contributed by atoms with E-state index in [2.05, 4.69) is 5.32 Å². The number of benzene rings is 2. The molecule has 6 nitrogen and oxygen atoms in total. The summed E-state index contributed by atoms with van der Waals surface area (Å²) < 4.78 is 15.7. The molecule has 0 fully saturated rings. The lowest BCUT2D eigenvalue weighted by molar-refractivity contribution is -0.154. The van der Waals surface area contributed by atoms with Gasteiger partial charge in [-0.15, -0.1) is 0 Å². The van der Waals surface area contributed by atoms with Crippen molar-refractivity contribution in [3.63, 3.8) is 0 Å². The molecule has 1 N–H and O–H groups in total. The van der Waals surface area contributed by atoms with E-state index in [0.717, 1.165) is 5.56 Å². The van der Waals surface area contributed by atoms with Gasteiger partial charge in [0, 0.05) is 22.2 Å². The lowest BCUT2D eigenvalue weighted by atomic mass is 10.1. The van der Waals surface area contributed by atoms with Gasteiger partial charge in [-0.1, -0.05) is 35.3 Å². The lowest BCUT2D eigenvalue weighted by Gasteiger charge is -2.14. The molecule has 0 bridgehead atoms. The first-order chi connectivity index (χ1) is 12.9. The highest BCUT2D eigenvalue weighted by Crippen LogP contribution is 2.32. The summed E-state index contributed by atoms with van der Waals surface area (Å²) in [6.07, 6.45) is -1.06. The Labute approximate surface area is 166 Å². The van der Waals surface area contributed by atoms with Gasteiger partial charge in [0.25, 0.3) is 5.91 Å². The zero-order valence-corrected chi connectivity index (χ0v) is 16.0. The summed E-state index contributed by atoms with van der Waals surface area (Å²) in [5.74, 6) is 0.311. The van der Waals surface area contributed by atoms with Gasteiger partial charge in [-0.3, -0.25) is 9.59 Å². The number of hydrogen-bond acceptors (Lipinski definition) is 5. The minimum Gasteiger partial charge on any atom is -0.454 e. The predicted molar refractivity (Wildman–Crippen MR) is 100 cm³/mol. The standard InChI is InChI=1S/C19H17Cl2NO5/c1-11(27-18(23)8-13-14(20)3-2-4-15(13)21)19(24)22-9-12-5-6-16-17(7-12)26-10-25-16/h2-7,11H,8-10H2,1H3,(H,22,24)/t11-/m1/s1. The minimum atomic E-state index is -0.951. The topological polar surface area (TPSA) is 73.9 Å². The number of rotatable bonds is 6. The zero-order chi connectivity index (χ0) is 19.4. The molecule has 27 heavy (non-hydrogen) atoms. The summed E-state index contributed by atoms with van der Waals surface area (Å²) in [6.45, 7) is 1.96. The third-order valence-electron chi connectivity index (χ3n) is 3.96. The monoisotopic (exact) mass is 409 g/mol. The van der Waals surface area contributed by atoms with Crippen molar-refractivity contribution < 1.29 is 23.8 Å². The van der Waals surface area contributed by atoms with Gasteiger partial charge in [0.05, 0.1) is 6.42 Å². The molecule has 1 amide bonds. The van der Waals surface area contributed by atoms with E-state index >= 15 is 0 Å². The van der Waals surface area contributed by atoms with E-state index in [1.807, 2.05) is 6.07 Å². The van der Waals surface area contributed by atoms with E-state index in [4.69, 9.17) is 37.4 Å². The highest BCUT2D eigenvalue weighted by Gasteiger charge is 2.20. The van der Waals surface area contributed by atoms with Crippen molar-refractivity contribution in [1.29, 1.82) is 0 Å². The largest absolute Gasteiger partial charge is 0.454 e. The number of halogens is 2. The molecule has 2 aromatic carbocycles. The second kappa shape index (κ2) is 8.50. The number of hydrogen-bond donors (Lipinski definition) is 1. The fourth-order valence-electron chi connectivity index (χ4n) is 2.52. The minimum absolute atomic E-state index is 0.113. The van der Waals surface area contributed by atoms with Gasteiger partial charge in [-0.2, -0.15) is 0 Å². The van der Waals surface area contributed by atoms with E-state index < -0.39 is 18.0 Å². The molecule has 1 heterocycles. The van der Waals surface area contributed by atoms with Crippen LogP contribution in [-0.4, -0.2) is 24.8 Å². The normalized spacial score (nSPS) is 13.1. The Hall–Kier alpha value is -2.44. The SMILES string of the molecule is C[C@@H](OC(=O)Cc1c(Cl)cccc1Cl)C(=O)NCc1ccc2c(c1)OCO2. The molecule has 8 heteroatoms. The predicted octanol–water partition coefficient (Wildman–Crippen LogP) is 3.51. The Morgan fingerprint density at radius 2 is 1.85 bits per heavy atom. The summed E-state index contributed by atoms with van der Waals surface area (Å²) in [5.41, 5.74) is 1.31. The van der Waals surface area contributed by atoms with Crippen molar-refractivity contribution in [3.8, 4) is 11.5 Å². The third-order valence-corrected chi connectivity index (χ3v) is 4.67. The number of carbonyl (C=O) groups is 2. The second-order valence-corrected chi connectivity index (χ2v) is 6.73. The average Bonchev–Trinajstić information content (AvgIpc) is 3.10. The molecular formula is C19H17Cl2NO5. The van der Waals surface area contributed by atoms with Crippen molar-refractivity contribution in [2.45, 2.75) is 26.0 Å². The zero-order valence-electron chi connectivity index (χ0n) is 14.5. The van der Waals surface area contributed by atoms with Crippen LogP contribution in [0.5, 0.6) is 11.5 Å². The van der Waals surface area contributed by atoms with Gasteiger partial charge in [0.2, 0.25) is 6.79 Å². The molecule has 1 aliphatic heterocycles. The summed E-state index contributed by atoms with van der Waals surface area (Å²) in [7, 11) is 0. The molecule has 0 spiro atoms. The van der Waals surface area contributed by atoms with E-state index in [0.29, 0.717) is 27.1 Å². The quantitative estimate of drug-likeness (QED) is 0.738. The summed E-state index contributed by atoms with van der Waals surface area (Å²) in [4.78, 5) is 24.3. The molecule has 1 atom stereocenters. The smallest absolute Gasteiger partial charge is 0.311 e. The van der Waals surface area contributed by atoms with E-state index in [1.54, 1.807) is 30.3 Å². The molecule has 0 radical (unpaired) electrons. The van der Waals surface area contributed by atoms with E-state index in [9.17, 15) is 9.59 Å². The highest BCUT2D eigenvalue weighted by atomic mass is 35.5. The molecular weight excluding hydrogens is 393 g/mol. The highest BCUT2D eigenvalue weighted by molar-refractivity contribution is 6.36. The van der Waals surface area contributed by atoms with Crippen LogP contribution in [0.2, 0.25) is 10.0 Å². The molecule has 1 aliphatic rings. The van der Waals surface area contributed by atoms with E-state index in [-0.39, 0.29) is 19.8 Å². The summed E-state index contributed by atoms with van der Waals surface area (Å²) in [6, 6.07) is 10.4. The summed E-state index contributed by atoms with van der Waals surface area (Å²) in [5, 5.41) is 3.47. The lowest BCUT2D eigenvalue weighted by Crippen LogP contribution is -2.35. The Balaban J connectivity index is 1.50. The second-order valence-electron chi connectivity index (χ2n) is 5.91. The van der Waals surface area contributed by atoms with Crippen molar-refractivity contribution in [1.82, 2.24) is 5.32 Å². The van der Waals surface area contributed by atoms with Gasteiger partial charge < -0.3 is 19.5 Å². The maximum Gasteiger partial charge on any atom is 0.311 e. The number of amides is 1. The Morgan fingerprint density at radius 3 is 2.59 bits per heavy atom. The number of ether oxygens (including phenoxy) is 3. The molecule has 0 saturated heterocycles. The number of nitrogens with one attached hydrogen (secondary N) is 1. The first-order valence-electron chi connectivity index (χ1n) is 8.22. The number of esters is 1. The van der Waals surface area contributed by atoms with E-state index in [1.165, 1.54) is 6.92 Å². The van der Waals surface area contributed by atoms with Crippen LogP contribution in [0.3, 0.4) is 0 Å². The number of fused-ring (bicyclic) bond motifs is 1. The van der Waals surface area contributed by atoms with Crippen LogP contribution in [-0.2, 0) is 27.3 Å². The van der Waals surface area contributed by atoms with Crippen LogP contribution in [0.15, 0.2) is 36.4 Å². The molecule has 0 saturated carbocycles. The maximum atomic E-state index is 12.2. The van der Waals surface area contributed by atoms with Crippen LogP contribution < -0.4 is 14.8 Å². The average molecular weight is 410 g/mol. The van der Waals surface area contributed by atoms with Crippen molar-refractivity contribution >= 4 is 35.1 Å². The van der Waals surface area contributed by atoms with Crippen molar-refractivity contribution in [2.24, 2.45) is 0 Å². The van der Waals surface area contributed by atoms with Crippen LogP contribution in [0.1, 0.15) is 18.1 Å². The molecule has 142 valence electrons. The Bertz CT molecular complexity index is 851. The fraction of sp³-hybridized carbons (Fsp3) is 0.263. The molecule has 3 rings (SSSR count). The number of carbonyl (C=O) groups excluding carboxylic acids is 2. The van der Waals surface area contributed by atoms with Gasteiger partial charge >= 0.3 is 5.97 Å². The molecule has 0 aliphatic carbocycles. The van der Waals surface area contributed by atoms with Crippen LogP contribution in [0.4, 0.5) is 0 Å². The van der Waals surface area contributed by atoms with Crippen molar-refractivity contribution in [2.75, 3.05) is 6.79 Å². The molecule has 0 unspecified atom stereocenters.